The van der Waals surface area contributed by atoms with E-state index in [1.54, 1.807) is 10.6 Å². The minimum absolute atomic E-state index is 0. The summed E-state index contributed by atoms with van der Waals surface area (Å²) < 4.78 is 0. The highest BCUT2D eigenvalue weighted by molar-refractivity contribution is 8.93. The number of rotatable bonds is 8. The molecule has 0 N–H and O–H groups in total. The van der Waals surface area contributed by atoms with Gasteiger partial charge in [-0.3, -0.25) is 0 Å². The Morgan fingerprint density at radius 2 is 1.17 bits per heavy atom. The van der Waals surface area contributed by atoms with Crippen LogP contribution in [0.25, 0.3) is 0 Å². The summed E-state index contributed by atoms with van der Waals surface area (Å²) in [5, 5.41) is 3.11. The van der Waals surface area contributed by atoms with Gasteiger partial charge in [0.2, 0.25) is 0 Å². The van der Waals surface area contributed by atoms with Crippen molar-refractivity contribution in [2.45, 2.75) is 62.9 Å². The largest absolute Gasteiger partial charge is 0.199 e. The lowest BCUT2D eigenvalue weighted by molar-refractivity contribution is 0.752. The Hall–Kier alpha value is 1.01. The van der Waals surface area contributed by atoms with Crippen LogP contribution >= 0.6 is 17.0 Å². The van der Waals surface area contributed by atoms with Gasteiger partial charge in [-0.2, -0.15) is 0 Å². The van der Waals surface area contributed by atoms with Crippen molar-refractivity contribution in [2.75, 3.05) is 0 Å². The van der Waals surface area contributed by atoms with Crippen LogP contribution in [0.3, 0.4) is 0 Å². The van der Waals surface area contributed by atoms with Crippen molar-refractivity contribution in [3.8, 4) is 0 Å². The molecule has 0 aliphatic heterocycles. The molecule has 0 aromatic heterocycles. The first-order valence-electron chi connectivity index (χ1n) is 5.23. The summed E-state index contributed by atoms with van der Waals surface area (Å²) in [5.41, 5.74) is 0. The summed E-state index contributed by atoms with van der Waals surface area (Å²) >= 11 is 0.811. The first-order valence-corrected chi connectivity index (χ1v) is 6.86. The van der Waals surface area contributed by atoms with Crippen molar-refractivity contribution in [3.63, 3.8) is 0 Å². The lowest BCUT2D eigenvalue weighted by atomic mass is 10.3. The summed E-state index contributed by atoms with van der Waals surface area (Å²) in [6.07, 6.45) is 8.68. The molecule has 0 saturated carbocycles. The third-order valence-electron chi connectivity index (χ3n) is 2.02. The Bertz CT molecular complexity index is 58.9. The Kier molecular flexibility index (Phi) is 18.7. The van der Waals surface area contributed by atoms with Gasteiger partial charge in [0.05, 0.1) is 0 Å². The van der Waals surface area contributed by atoms with Crippen LogP contribution in [0, 0.1) is 0 Å². The van der Waals surface area contributed by atoms with Crippen molar-refractivity contribution >= 4 is 32.2 Å². The maximum absolute atomic E-state index is 2.28. The molecule has 0 aliphatic carbocycles. The molecule has 0 aromatic rings. The van der Waals surface area contributed by atoms with Gasteiger partial charge in [0.1, 0.15) is 0 Å². The van der Waals surface area contributed by atoms with Crippen LogP contribution in [0.4, 0.5) is 0 Å². The van der Waals surface area contributed by atoms with Crippen molar-refractivity contribution < 1.29 is 0 Å². The molecule has 0 bridgehead atoms. The van der Waals surface area contributed by atoms with E-state index in [0.29, 0.717) is 0 Å². The van der Waals surface area contributed by atoms with Gasteiger partial charge < -0.3 is 0 Å². The summed E-state index contributed by atoms with van der Waals surface area (Å²) in [4.78, 5) is 0. The molecule has 0 spiro atoms. The second kappa shape index (κ2) is 14.5. The third-order valence-corrected chi connectivity index (χ3v) is 3.66. The molecule has 0 atom stereocenters. The van der Waals surface area contributed by atoms with Gasteiger partial charge >= 0.3 is 0 Å². The second-order valence-corrected chi connectivity index (χ2v) is 5.01. The molecule has 73 valence electrons. The van der Waals surface area contributed by atoms with E-state index >= 15 is 0 Å². The average molecular weight is 250 g/mol. The topological polar surface area (TPSA) is 0 Å². The Morgan fingerprint density at radius 1 is 0.750 bits per heavy atom. The van der Waals surface area contributed by atoms with E-state index in [-0.39, 0.29) is 17.0 Å². The predicted molar refractivity (Wildman–Crippen MR) is 64.7 cm³/mol. The number of halogens is 1. The van der Waals surface area contributed by atoms with Crippen LogP contribution in [0.5, 0.6) is 0 Å². The summed E-state index contributed by atoms with van der Waals surface area (Å²) in [7, 11) is 0. The van der Waals surface area contributed by atoms with E-state index in [1.165, 1.54) is 38.5 Å². The van der Waals surface area contributed by atoms with Crippen LogP contribution < -0.4 is 0 Å². The van der Waals surface area contributed by atoms with Crippen LogP contribution in [0.2, 0.25) is 10.6 Å². The second-order valence-electron chi connectivity index (χ2n) is 3.28. The lowest BCUT2D eigenvalue weighted by Crippen LogP contribution is -1.88. The summed E-state index contributed by atoms with van der Waals surface area (Å²) in [6.45, 7) is 4.57. The first-order chi connectivity index (χ1) is 5.41. The van der Waals surface area contributed by atoms with Crippen LogP contribution in [0.15, 0.2) is 0 Å². The van der Waals surface area contributed by atoms with E-state index < -0.39 is 0 Å². The molecule has 0 aliphatic rings. The molecule has 12 heavy (non-hydrogen) atoms. The smallest absolute Gasteiger partial charge is 0.114 e. The fraction of sp³-hybridized carbons (Fsp3) is 1.00. The Labute approximate surface area is 95.0 Å². The van der Waals surface area contributed by atoms with E-state index in [0.717, 1.165) is 15.2 Å². The highest BCUT2D eigenvalue weighted by Gasteiger charge is 1.91. The van der Waals surface area contributed by atoms with Crippen molar-refractivity contribution in [1.29, 1.82) is 0 Å². The molecule has 0 aromatic carbocycles. The zero-order valence-corrected chi connectivity index (χ0v) is 11.5. The first kappa shape index (κ1) is 15.5. The van der Waals surface area contributed by atoms with Gasteiger partial charge in [-0.15, -0.1) is 27.5 Å². The van der Waals surface area contributed by atoms with Crippen molar-refractivity contribution in [2.24, 2.45) is 0 Å². The fourth-order valence-electron chi connectivity index (χ4n) is 1.22. The number of hydrogen-bond acceptors (Lipinski definition) is 0. The quantitative estimate of drug-likeness (QED) is 0.440. The molecule has 0 amide bonds. The fourth-order valence-corrected chi connectivity index (χ4v) is 2.67. The summed E-state index contributed by atoms with van der Waals surface area (Å²) in [6, 6.07) is 0. The van der Waals surface area contributed by atoms with Crippen LogP contribution in [-0.2, 0) is 0 Å². The molecule has 2 heteroatoms. The molecular weight excluding hydrogens is 227 g/mol. The van der Waals surface area contributed by atoms with Gasteiger partial charge in [-0.05, 0) is 0 Å². The van der Waals surface area contributed by atoms with Gasteiger partial charge in [-0.1, -0.05) is 52.4 Å². The highest BCUT2D eigenvalue weighted by Crippen LogP contribution is 2.04. The van der Waals surface area contributed by atoms with Gasteiger partial charge in [-0.25, -0.2) is 0 Å². The molecule has 0 rings (SSSR count). The van der Waals surface area contributed by atoms with E-state index in [1.807, 2.05) is 0 Å². The van der Waals surface area contributed by atoms with Gasteiger partial charge in [0.15, 0.2) is 15.2 Å². The minimum Gasteiger partial charge on any atom is -0.114 e. The lowest BCUT2D eigenvalue weighted by Gasteiger charge is -1.97. The normalized spacial score (nSPS) is 9.17. The molecule has 0 nitrogen and oxygen atoms in total. The molecule has 0 fully saturated rings. The highest BCUT2D eigenvalue weighted by atomic mass is 79.9. The van der Waals surface area contributed by atoms with Crippen molar-refractivity contribution in [3.05, 3.63) is 0 Å². The van der Waals surface area contributed by atoms with Gasteiger partial charge in [0.25, 0.3) is 0 Å². The maximum atomic E-state index is 2.28. The number of hydrogen-bond donors (Lipinski definition) is 0. The number of unbranched alkanes of at least 4 members (excludes halogenated alkanes) is 4. The molecule has 0 heterocycles. The Morgan fingerprint density at radius 3 is 1.50 bits per heavy atom. The monoisotopic (exact) mass is 249 g/mol. The average Bonchev–Trinajstić information content (AvgIpc) is 2.03. The van der Waals surface area contributed by atoms with Crippen LogP contribution in [-0.4, -0.2) is 15.2 Å². The standard InChI is InChI=1S/2C5H11.Al.BrH/c2*1-3-5-4-2;;/h2*1,3-5H2,2H3;;1H. The summed E-state index contributed by atoms with van der Waals surface area (Å²) in [5.74, 6) is 0. The predicted octanol–water partition coefficient (Wildman–Crippen LogP) is 4.49. The van der Waals surface area contributed by atoms with E-state index in [9.17, 15) is 0 Å². The van der Waals surface area contributed by atoms with E-state index in [4.69, 9.17) is 0 Å². The zero-order valence-electron chi connectivity index (χ0n) is 8.64. The molecule has 0 unspecified atom stereocenters. The van der Waals surface area contributed by atoms with Gasteiger partial charge in [0, 0.05) is 0 Å². The molecular formula is C10H23AlBr. The third kappa shape index (κ3) is 13.6. The maximum Gasteiger partial charge on any atom is 0.199 e. The Balaban J connectivity index is 0. The SMILES string of the molecule is Br.CCCC[CH2][Al][CH2]CCCC. The van der Waals surface area contributed by atoms with Crippen LogP contribution in [0.1, 0.15) is 52.4 Å². The molecule has 1 radical (unpaired) electrons. The minimum atomic E-state index is 0. The zero-order chi connectivity index (χ0) is 8.36. The molecule has 0 saturated heterocycles. The van der Waals surface area contributed by atoms with E-state index in [2.05, 4.69) is 13.8 Å². The van der Waals surface area contributed by atoms with Crippen molar-refractivity contribution in [1.82, 2.24) is 0 Å².